The van der Waals surface area contributed by atoms with Gasteiger partial charge in [0.2, 0.25) is 0 Å². The summed E-state index contributed by atoms with van der Waals surface area (Å²) >= 11 is 3.38. The molecule has 0 aliphatic heterocycles. The summed E-state index contributed by atoms with van der Waals surface area (Å²) in [6, 6.07) is 8.93. The van der Waals surface area contributed by atoms with Crippen LogP contribution in [0.5, 0.6) is 0 Å². The minimum absolute atomic E-state index is 0.144. The van der Waals surface area contributed by atoms with Crippen molar-refractivity contribution in [2.75, 3.05) is 5.32 Å². The van der Waals surface area contributed by atoms with Crippen LogP contribution in [0.2, 0.25) is 0 Å². The Hall–Kier alpha value is -2.45. The van der Waals surface area contributed by atoms with Gasteiger partial charge >= 0.3 is 0 Å². The third kappa shape index (κ3) is 3.72. The number of rotatable bonds is 5. The van der Waals surface area contributed by atoms with Crippen molar-refractivity contribution < 1.29 is 14.3 Å². The first kappa shape index (κ1) is 16.4. The number of aromatic nitrogens is 3. The second kappa shape index (κ2) is 6.98. The van der Waals surface area contributed by atoms with Crippen LogP contribution in [0, 0.1) is 6.92 Å². The molecule has 7 nitrogen and oxygen atoms in total. The number of aliphatic hydroxyl groups is 1. The average molecular weight is 391 g/mol. The Morgan fingerprint density at radius 2 is 2.29 bits per heavy atom. The van der Waals surface area contributed by atoms with Crippen molar-refractivity contribution in [3.63, 3.8) is 0 Å². The zero-order chi connectivity index (χ0) is 17.1. The topological polar surface area (TPSA) is 93.2 Å². The molecule has 1 aromatic carbocycles. The van der Waals surface area contributed by atoms with Crippen molar-refractivity contribution in [3.05, 3.63) is 64.3 Å². The van der Waals surface area contributed by atoms with Crippen LogP contribution in [0.1, 0.15) is 27.9 Å². The SMILES string of the molecule is Cc1cc(Br)ccc1NC(=O)c1cn(CC(O)c2ccco2)nn1. The molecule has 0 saturated heterocycles. The molecule has 1 atom stereocenters. The van der Waals surface area contributed by atoms with E-state index in [0.717, 1.165) is 10.0 Å². The standard InChI is InChI=1S/C16H15BrN4O3/c1-10-7-11(17)4-5-12(10)18-16(23)13-8-21(20-19-13)9-14(22)15-3-2-6-24-15/h2-8,14,22H,9H2,1H3,(H,18,23). The van der Waals surface area contributed by atoms with Gasteiger partial charge in [-0.2, -0.15) is 0 Å². The van der Waals surface area contributed by atoms with Gasteiger partial charge in [-0.25, -0.2) is 4.68 Å². The summed E-state index contributed by atoms with van der Waals surface area (Å²) in [5, 5.41) is 20.5. The molecule has 0 radical (unpaired) electrons. The van der Waals surface area contributed by atoms with Gasteiger partial charge in [-0.3, -0.25) is 4.79 Å². The Balaban J connectivity index is 1.67. The van der Waals surface area contributed by atoms with Gasteiger partial charge in [0.25, 0.3) is 5.91 Å². The molecule has 0 aliphatic carbocycles. The molecule has 2 heterocycles. The molecule has 2 N–H and O–H groups in total. The molecule has 0 bridgehead atoms. The lowest BCUT2D eigenvalue weighted by atomic mass is 10.2. The largest absolute Gasteiger partial charge is 0.467 e. The molecule has 1 unspecified atom stereocenters. The molecule has 3 rings (SSSR count). The van der Waals surface area contributed by atoms with E-state index in [4.69, 9.17) is 4.42 Å². The molecule has 2 aromatic heterocycles. The predicted molar refractivity (Wildman–Crippen MR) is 90.5 cm³/mol. The minimum atomic E-state index is -0.855. The zero-order valence-electron chi connectivity index (χ0n) is 12.8. The Morgan fingerprint density at radius 1 is 1.46 bits per heavy atom. The van der Waals surface area contributed by atoms with Gasteiger partial charge in [-0.1, -0.05) is 21.1 Å². The van der Waals surface area contributed by atoms with Gasteiger partial charge in [0.15, 0.2) is 5.69 Å². The van der Waals surface area contributed by atoms with Crippen LogP contribution in [0.25, 0.3) is 0 Å². The third-order valence-electron chi connectivity index (χ3n) is 3.44. The van der Waals surface area contributed by atoms with Crippen LogP contribution in [-0.2, 0) is 6.54 Å². The monoisotopic (exact) mass is 390 g/mol. The van der Waals surface area contributed by atoms with Gasteiger partial charge in [-0.15, -0.1) is 5.10 Å². The van der Waals surface area contributed by atoms with Crippen molar-refractivity contribution in [2.24, 2.45) is 0 Å². The number of furan rings is 1. The van der Waals surface area contributed by atoms with Crippen molar-refractivity contribution in [1.29, 1.82) is 0 Å². The average Bonchev–Trinajstić information content (AvgIpc) is 3.21. The Labute approximate surface area is 146 Å². The molecule has 3 aromatic rings. The molecule has 0 fully saturated rings. The summed E-state index contributed by atoms with van der Waals surface area (Å²) in [6.45, 7) is 2.04. The Kier molecular flexibility index (Phi) is 4.77. The minimum Gasteiger partial charge on any atom is -0.467 e. The van der Waals surface area contributed by atoms with Gasteiger partial charge < -0.3 is 14.8 Å². The number of nitrogens with zero attached hydrogens (tertiary/aromatic N) is 3. The molecule has 124 valence electrons. The van der Waals surface area contributed by atoms with Gasteiger partial charge in [-0.05, 0) is 42.8 Å². The maximum atomic E-state index is 12.3. The summed E-state index contributed by atoms with van der Waals surface area (Å²) in [5.74, 6) is 0.0705. The lowest BCUT2D eigenvalue weighted by Crippen LogP contribution is -2.13. The summed E-state index contributed by atoms with van der Waals surface area (Å²) in [4.78, 5) is 12.3. The summed E-state index contributed by atoms with van der Waals surface area (Å²) < 4.78 is 7.47. The third-order valence-corrected chi connectivity index (χ3v) is 3.93. The maximum absolute atomic E-state index is 12.3. The van der Waals surface area contributed by atoms with Crippen molar-refractivity contribution in [2.45, 2.75) is 19.6 Å². The number of benzene rings is 1. The van der Waals surface area contributed by atoms with E-state index in [1.54, 1.807) is 12.1 Å². The Bertz CT molecular complexity index is 845. The molecule has 1 amide bonds. The van der Waals surface area contributed by atoms with E-state index in [1.807, 2.05) is 25.1 Å². The number of amides is 1. The molecular formula is C16H15BrN4O3. The molecule has 0 spiro atoms. The van der Waals surface area contributed by atoms with E-state index in [-0.39, 0.29) is 18.1 Å². The summed E-state index contributed by atoms with van der Waals surface area (Å²) in [6.07, 6.45) is 2.11. The highest BCUT2D eigenvalue weighted by Crippen LogP contribution is 2.20. The predicted octanol–water partition coefficient (Wildman–Crippen LogP) is 2.93. The van der Waals surface area contributed by atoms with E-state index in [9.17, 15) is 9.90 Å². The number of hydrogen-bond donors (Lipinski definition) is 2. The van der Waals surface area contributed by atoms with Crippen molar-refractivity contribution in [1.82, 2.24) is 15.0 Å². The fourth-order valence-electron chi connectivity index (χ4n) is 2.19. The van der Waals surface area contributed by atoms with Crippen LogP contribution in [0.3, 0.4) is 0 Å². The quantitative estimate of drug-likeness (QED) is 0.698. The fourth-order valence-corrected chi connectivity index (χ4v) is 2.67. The number of aliphatic hydroxyl groups excluding tert-OH is 1. The van der Waals surface area contributed by atoms with Gasteiger partial charge in [0, 0.05) is 10.2 Å². The lowest BCUT2D eigenvalue weighted by Gasteiger charge is -2.07. The smallest absolute Gasteiger partial charge is 0.277 e. The van der Waals surface area contributed by atoms with E-state index >= 15 is 0 Å². The molecule has 0 aliphatic rings. The van der Waals surface area contributed by atoms with Gasteiger partial charge in [0.05, 0.1) is 19.0 Å². The maximum Gasteiger partial charge on any atom is 0.277 e. The first-order chi connectivity index (χ1) is 11.5. The van der Waals surface area contributed by atoms with E-state index in [2.05, 4.69) is 31.6 Å². The van der Waals surface area contributed by atoms with Crippen LogP contribution >= 0.6 is 15.9 Å². The second-order valence-electron chi connectivity index (χ2n) is 5.27. The molecule has 24 heavy (non-hydrogen) atoms. The van der Waals surface area contributed by atoms with Crippen molar-refractivity contribution in [3.8, 4) is 0 Å². The highest BCUT2D eigenvalue weighted by Gasteiger charge is 2.16. The van der Waals surface area contributed by atoms with E-state index in [0.29, 0.717) is 11.4 Å². The summed E-state index contributed by atoms with van der Waals surface area (Å²) in [5.41, 5.74) is 1.80. The number of hydrogen-bond acceptors (Lipinski definition) is 5. The van der Waals surface area contributed by atoms with E-state index < -0.39 is 6.10 Å². The van der Waals surface area contributed by atoms with Crippen LogP contribution < -0.4 is 5.32 Å². The number of aryl methyl sites for hydroxylation is 1. The van der Waals surface area contributed by atoms with E-state index in [1.165, 1.54) is 17.1 Å². The molecule has 0 saturated carbocycles. The number of nitrogens with one attached hydrogen (secondary N) is 1. The number of carbonyl (C=O) groups excluding carboxylic acids is 1. The lowest BCUT2D eigenvalue weighted by molar-refractivity contribution is 0.102. The highest BCUT2D eigenvalue weighted by atomic mass is 79.9. The first-order valence-corrected chi connectivity index (χ1v) is 8.01. The van der Waals surface area contributed by atoms with Crippen LogP contribution in [0.4, 0.5) is 5.69 Å². The first-order valence-electron chi connectivity index (χ1n) is 7.22. The van der Waals surface area contributed by atoms with Crippen molar-refractivity contribution >= 4 is 27.5 Å². The molecule has 8 heteroatoms. The highest BCUT2D eigenvalue weighted by molar-refractivity contribution is 9.10. The Morgan fingerprint density at radius 3 is 3.00 bits per heavy atom. The number of halogens is 1. The number of anilines is 1. The second-order valence-corrected chi connectivity index (χ2v) is 6.19. The summed E-state index contributed by atoms with van der Waals surface area (Å²) in [7, 11) is 0. The normalized spacial score (nSPS) is 12.1. The fraction of sp³-hybridized carbons (Fsp3) is 0.188. The zero-order valence-corrected chi connectivity index (χ0v) is 14.4. The van der Waals surface area contributed by atoms with Gasteiger partial charge in [0.1, 0.15) is 11.9 Å². The van der Waals surface area contributed by atoms with Crippen LogP contribution in [0.15, 0.2) is 51.7 Å². The number of carbonyl (C=O) groups is 1. The van der Waals surface area contributed by atoms with Crippen LogP contribution in [-0.4, -0.2) is 26.0 Å². The molecular weight excluding hydrogens is 376 g/mol.